The Bertz CT molecular complexity index is 188. The smallest absolute Gasteiger partial charge is 0.293 e. The standard InChI is InChI=1S/C7H10F3N/c1-4-6(5(2)11-3)7(8,9)10/h4H,1-3H3/b6-4+,11-5?. The van der Waals surface area contributed by atoms with Crippen LogP contribution in [0.1, 0.15) is 13.8 Å². The van der Waals surface area contributed by atoms with Gasteiger partial charge in [0.1, 0.15) is 0 Å². The molecule has 0 aliphatic heterocycles. The molecule has 0 N–H and O–H groups in total. The molecule has 4 heteroatoms. The van der Waals surface area contributed by atoms with Crippen molar-refractivity contribution in [2.75, 3.05) is 7.05 Å². The fourth-order valence-electron chi connectivity index (χ4n) is 0.698. The van der Waals surface area contributed by atoms with Crippen LogP contribution in [0.4, 0.5) is 13.2 Å². The normalized spacial score (nSPS) is 15.5. The number of aliphatic imine (C=N–C) groups is 1. The Morgan fingerprint density at radius 2 is 1.82 bits per heavy atom. The van der Waals surface area contributed by atoms with Crippen molar-refractivity contribution in [3.8, 4) is 0 Å². The molecule has 0 aromatic carbocycles. The molecule has 1 nitrogen and oxygen atoms in total. The number of allylic oxidation sites excluding steroid dienone is 2. The minimum atomic E-state index is -4.28. The van der Waals surface area contributed by atoms with Gasteiger partial charge in [-0.1, -0.05) is 6.08 Å². The summed E-state index contributed by atoms with van der Waals surface area (Å²) in [6, 6.07) is 0. The van der Waals surface area contributed by atoms with Gasteiger partial charge in [0.05, 0.1) is 5.57 Å². The molecule has 0 saturated heterocycles. The third-order valence-corrected chi connectivity index (χ3v) is 1.32. The molecule has 0 aromatic rings. The van der Waals surface area contributed by atoms with Gasteiger partial charge in [-0.05, 0) is 13.8 Å². The average Bonchev–Trinajstić information content (AvgIpc) is 1.86. The van der Waals surface area contributed by atoms with Gasteiger partial charge in [0.2, 0.25) is 0 Å². The Hall–Kier alpha value is -0.800. The second-order valence-electron chi connectivity index (χ2n) is 2.01. The van der Waals surface area contributed by atoms with Crippen LogP contribution < -0.4 is 0 Å². The third kappa shape index (κ3) is 2.74. The van der Waals surface area contributed by atoms with E-state index in [1.165, 1.54) is 20.9 Å². The van der Waals surface area contributed by atoms with Crippen LogP contribution in [0.25, 0.3) is 0 Å². The molecule has 11 heavy (non-hydrogen) atoms. The summed E-state index contributed by atoms with van der Waals surface area (Å²) in [5.41, 5.74) is -0.653. The van der Waals surface area contributed by atoms with E-state index in [0.29, 0.717) is 0 Å². The van der Waals surface area contributed by atoms with E-state index in [2.05, 4.69) is 4.99 Å². The maximum Gasteiger partial charge on any atom is 0.417 e. The lowest BCUT2D eigenvalue weighted by molar-refractivity contribution is -0.0862. The van der Waals surface area contributed by atoms with Crippen molar-refractivity contribution in [2.24, 2.45) is 4.99 Å². The molecule has 0 amide bonds. The zero-order valence-electron chi connectivity index (χ0n) is 6.66. The highest BCUT2D eigenvalue weighted by Crippen LogP contribution is 2.26. The number of hydrogen-bond acceptors (Lipinski definition) is 1. The van der Waals surface area contributed by atoms with E-state index >= 15 is 0 Å². The maximum atomic E-state index is 12.0. The van der Waals surface area contributed by atoms with Gasteiger partial charge in [-0.2, -0.15) is 13.2 Å². The van der Waals surface area contributed by atoms with E-state index < -0.39 is 11.7 Å². The van der Waals surface area contributed by atoms with Gasteiger partial charge >= 0.3 is 6.18 Å². The topological polar surface area (TPSA) is 12.4 Å². The summed E-state index contributed by atoms with van der Waals surface area (Å²) in [4.78, 5) is 3.45. The molecule has 0 heterocycles. The molecule has 0 unspecified atom stereocenters. The summed E-state index contributed by atoms with van der Waals surface area (Å²) < 4.78 is 36.0. The Kier molecular flexibility index (Phi) is 3.29. The van der Waals surface area contributed by atoms with Gasteiger partial charge < -0.3 is 0 Å². The molecule has 0 aliphatic rings. The highest BCUT2D eigenvalue weighted by molar-refractivity contribution is 5.99. The van der Waals surface area contributed by atoms with Crippen molar-refractivity contribution in [1.82, 2.24) is 0 Å². The van der Waals surface area contributed by atoms with Crippen molar-refractivity contribution in [1.29, 1.82) is 0 Å². The largest absolute Gasteiger partial charge is 0.417 e. The first-order valence-corrected chi connectivity index (χ1v) is 3.10. The Balaban J connectivity index is 4.73. The monoisotopic (exact) mass is 165 g/mol. The van der Waals surface area contributed by atoms with E-state index in [0.717, 1.165) is 6.08 Å². The molecule has 0 bridgehead atoms. The van der Waals surface area contributed by atoms with Crippen molar-refractivity contribution < 1.29 is 13.2 Å². The SMILES string of the molecule is C/C=C(\C(C)=NC)C(F)(F)F. The van der Waals surface area contributed by atoms with E-state index in [1.807, 2.05) is 0 Å². The molecule has 0 aliphatic carbocycles. The first-order valence-electron chi connectivity index (χ1n) is 3.10. The number of hydrogen-bond donors (Lipinski definition) is 0. The highest BCUT2D eigenvalue weighted by atomic mass is 19.4. The summed E-state index contributed by atoms with van der Waals surface area (Å²) in [5, 5.41) is 0. The molecular formula is C7H10F3N. The number of halogens is 3. The van der Waals surface area contributed by atoms with Crippen molar-refractivity contribution in [3.05, 3.63) is 11.6 Å². The lowest BCUT2D eigenvalue weighted by atomic mass is 10.1. The molecule has 0 saturated carbocycles. The molecule has 64 valence electrons. The van der Waals surface area contributed by atoms with E-state index in [4.69, 9.17) is 0 Å². The predicted molar refractivity (Wildman–Crippen MR) is 38.8 cm³/mol. The first-order chi connectivity index (χ1) is 4.93. The zero-order chi connectivity index (χ0) is 9.07. The Labute approximate surface area is 63.6 Å². The molecule has 0 fully saturated rings. The summed E-state index contributed by atoms with van der Waals surface area (Å²) in [7, 11) is 1.34. The summed E-state index contributed by atoms with van der Waals surface area (Å²) in [5.74, 6) is 0. The van der Waals surface area contributed by atoms with Crippen LogP contribution in [0.15, 0.2) is 16.6 Å². The number of alkyl halides is 3. The van der Waals surface area contributed by atoms with Gasteiger partial charge in [-0.25, -0.2) is 0 Å². The van der Waals surface area contributed by atoms with E-state index in [-0.39, 0.29) is 5.71 Å². The lowest BCUT2D eigenvalue weighted by Gasteiger charge is -2.09. The fourth-order valence-corrected chi connectivity index (χ4v) is 0.698. The van der Waals surface area contributed by atoms with Crippen LogP contribution >= 0.6 is 0 Å². The van der Waals surface area contributed by atoms with Crippen LogP contribution in [0.2, 0.25) is 0 Å². The molecule has 0 aromatic heterocycles. The Morgan fingerprint density at radius 3 is 1.91 bits per heavy atom. The van der Waals surface area contributed by atoms with Crippen LogP contribution in [0.3, 0.4) is 0 Å². The van der Waals surface area contributed by atoms with Crippen molar-refractivity contribution in [3.63, 3.8) is 0 Å². The fraction of sp³-hybridized carbons (Fsp3) is 0.571. The van der Waals surface area contributed by atoms with Crippen LogP contribution in [-0.2, 0) is 0 Å². The van der Waals surface area contributed by atoms with Gasteiger partial charge in [-0.15, -0.1) is 0 Å². The van der Waals surface area contributed by atoms with E-state index in [9.17, 15) is 13.2 Å². The van der Waals surface area contributed by atoms with Crippen LogP contribution in [0, 0.1) is 0 Å². The second kappa shape index (κ2) is 3.55. The van der Waals surface area contributed by atoms with Gasteiger partial charge in [0.25, 0.3) is 0 Å². The quantitative estimate of drug-likeness (QED) is 0.529. The predicted octanol–water partition coefficient (Wildman–Crippen LogP) is 2.59. The molecule has 0 rings (SSSR count). The van der Waals surface area contributed by atoms with Crippen molar-refractivity contribution >= 4 is 5.71 Å². The third-order valence-electron chi connectivity index (χ3n) is 1.32. The number of rotatable bonds is 1. The molecule has 0 atom stereocenters. The van der Waals surface area contributed by atoms with Gasteiger partial charge in [0, 0.05) is 12.8 Å². The van der Waals surface area contributed by atoms with Crippen molar-refractivity contribution in [2.45, 2.75) is 20.0 Å². The van der Waals surface area contributed by atoms with Gasteiger partial charge in [0.15, 0.2) is 0 Å². The summed E-state index contributed by atoms with van der Waals surface area (Å²) >= 11 is 0. The highest BCUT2D eigenvalue weighted by Gasteiger charge is 2.34. The minimum absolute atomic E-state index is 0.0139. The average molecular weight is 165 g/mol. The zero-order valence-corrected chi connectivity index (χ0v) is 6.66. The van der Waals surface area contributed by atoms with Gasteiger partial charge in [-0.3, -0.25) is 4.99 Å². The molecule has 0 spiro atoms. The summed E-state index contributed by atoms with van der Waals surface area (Å²) in [6.07, 6.45) is -3.26. The maximum absolute atomic E-state index is 12.0. The second-order valence-corrected chi connectivity index (χ2v) is 2.01. The Morgan fingerprint density at radius 1 is 1.36 bits per heavy atom. The minimum Gasteiger partial charge on any atom is -0.293 e. The van der Waals surface area contributed by atoms with Crippen LogP contribution in [0.5, 0.6) is 0 Å². The molecular weight excluding hydrogens is 155 g/mol. The summed E-state index contributed by atoms with van der Waals surface area (Å²) in [6.45, 7) is 2.68. The lowest BCUT2D eigenvalue weighted by Crippen LogP contribution is -2.17. The number of nitrogens with zero attached hydrogens (tertiary/aromatic N) is 1. The van der Waals surface area contributed by atoms with E-state index in [1.54, 1.807) is 0 Å². The molecule has 0 radical (unpaired) electrons. The van der Waals surface area contributed by atoms with Crippen LogP contribution in [-0.4, -0.2) is 18.9 Å². The first kappa shape index (κ1) is 10.2.